The summed E-state index contributed by atoms with van der Waals surface area (Å²) in [7, 11) is 0. The summed E-state index contributed by atoms with van der Waals surface area (Å²) in [6.07, 6.45) is 1.46. The van der Waals surface area contributed by atoms with Crippen LogP contribution in [0, 0.1) is 10.1 Å². The fourth-order valence-corrected chi connectivity index (χ4v) is 3.57. The van der Waals surface area contributed by atoms with E-state index in [1.54, 1.807) is 41.1 Å². The zero-order chi connectivity index (χ0) is 19.7. The number of benzene rings is 2. The van der Waals surface area contributed by atoms with Gasteiger partial charge >= 0.3 is 0 Å². The lowest BCUT2D eigenvalue weighted by molar-refractivity contribution is -0.384. The van der Waals surface area contributed by atoms with Gasteiger partial charge < -0.3 is 4.98 Å². The Morgan fingerprint density at radius 2 is 2.00 bits per heavy atom. The van der Waals surface area contributed by atoms with Gasteiger partial charge in [0, 0.05) is 22.9 Å². The zero-order valence-corrected chi connectivity index (χ0v) is 15.8. The van der Waals surface area contributed by atoms with E-state index in [9.17, 15) is 14.9 Å². The van der Waals surface area contributed by atoms with Crippen LogP contribution >= 0.6 is 23.4 Å². The van der Waals surface area contributed by atoms with E-state index < -0.39 is 4.92 Å². The first-order valence-electron chi connectivity index (χ1n) is 8.11. The third-order valence-electron chi connectivity index (χ3n) is 3.98. The van der Waals surface area contributed by atoms with Gasteiger partial charge in [-0.15, -0.1) is 0 Å². The van der Waals surface area contributed by atoms with Crippen molar-refractivity contribution in [2.24, 2.45) is 0 Å². The van der Waals surface area contributed by atoms with Gasteiger partial charge in [0.05, 0.1) is 16.8 Å². The molecule has 1 N–H and O–H groups in total. The first kappa shape index (κ1) is 18.2. The number of aromatic amines is 1. The lowest BCUT2D eigenvalue weighted by Gasteiger charge is -2.05. The van der Waals surface area contributed by atoms with Crippen molar-refractivity contribution in [3.8, 4) is 5.69 Å². The van der Waals surface area contributed by atoms with E-state index >= 15 is 0 Å². The Morgan fingerprint density at radius 3 is 2.75 bits per heavy atom. The third kappa shape index (κ3) is 3.62. The largest absolute Gasteiger partial charge is 0.301 e. The highest BCUT2D eigenvalue weighted by Crippen LogP contribution is 2.23. The van der Waals surface area contributed by atoms with Gasteiger partial charge in [-0.1, -0.05) is 35.5 Å². The number of nitro benzene ring substituents is 1. The average molecular weight is 414 g/mol. The van der Waals surface area contributed by atoms with Crippen molar-refractivity contribution in [1.82, 2.24) is 19.7 Å². The highest BCUT2D eigenvalue weighted by atomic mass is 35.5. The number of halogens is 1. The monoisotopic (exact) mass is 413 g/mol. The molecule has 0 aliphatic rings. The second-order valence-corrected chi connectivity index (χ2v) is 7.26. The molecule has 0 saturated heterocycles. The predicted octanol–water partition coefficient (Wildman–Crippen LogP) is 3.96. The van der Waals surface area contributed by atoms with Crippen molar-refractivity contribution in [2.45, 2.75) is 10.9 Å². The molecule has 0 saturated carbocycles. The van der Waals surface area contributed by atoms with Gasteiger partial charge in [0.2, 0.25) is 0 Å². The average Bonchev–Trinajstić information content (AvgIpc) is 3.12. The number of thioether (sulfide) groups is 1. The number of rotatable bonds is 5. The summed E-state index contributed by atoms with van der Waals surface area (Å²) in [4.78, 5) is 30.1. The number of nitro groups is 1. The van der Waals surface area contributed by atoms with Crippen LogP contribution in [-0.2, 0) is 5.75 Å². The molecular formula is C18H12ClN5O3S. The molecule has 0 unspecified atom stereocenters. The summed E-state index contributed by atoms with van der Waals surface area (Å²) in [6, 6.07) is 13.4. The van der Waals surface area contributed by atoms with E-state index in [0.29, 0.717) is 27.0 Å². The number of non-ortho nitro benzene ring substituents is 1. The van der Waals surface area contributed by atoms with Crippen molar-refractivity contribution in [1.29, 1.82) is 0 Å². The van der Waals surface area contributed by atoms with Gasteiger partial charge in [0.15, 0.2) is 10.8 Å². The quantitative estimate of drug-likeness (QED) is 0.229. The lowest BCUT2D eigenvalue weighted by atomic mass is 10.2. The van der Waals surface area contributed by atoms with E-state index in [4.69, 9.17) is 11.6 Å². The summed E-state index contributed by atoms with van der Waals surface area (Å²) in [6.45, 7) is 0. The Balaban J connectivity index is 1.66. The molecule has 4 aromatic rings. The molecule has 0 radical (unpaired) electrons. The number of aromatic nitrogens is 4. The van der Waals surface area contributed by atoms with Gasteiger partial charge in [-0.3, -0.25) is 14.9 Å². The van der Waals surface area contributed by atoms with Crippen molar-refractivity contribution < 1.29 is 4.92 Å². The van der Waals surface area contributed by atoms with Crippen LogP contribution in [0.1, 0.15) is 5.56 Å². The summed E-state index contributed by atoms with van der Waals surface area (Å²) >= 11 is 7.21. The number of H-pyrrole nitrogens is 1. The van der Waals surface area contributed by atoms with Gasteiger partial charge in [-0.05, 0) is 29.8 Å². The van der Waals surface area contributed by atoms with Gasteiger partial charge in [0.25, 0.3) is 11.2 Å². The molecule has 0 fully saturated rings. The van der Waals surface area contributed by atoms with E-state index in [0.717, 1.165) is 11.3 Å². The van der Waals surface area contributed by atoms with Crippen LogP contribution in [0.5, 0.6) is 0 Å². The maximum Gasteiger partial charge on any atom is 0.269 e. The number of hydrogen-bond donors (Lipinski definition) is 1. The minimum atomic E-state index is -0.439. The molecule has 4 rings (SSSR count). The van der Waals surface area contributed by atoms with E-state index in [2.05, 4.69) is 15.1 Å². The highest BCUT2D eigenvalue weighted by Gasteiger charge is 2.13. The van der Waals surface area contributed by atoms with Crippen LogP contribution < -0.4 is 5.56 Å². The highest BCUT2D eigenvalue weighted by molar-refractivity contribution is 7.98. The van der Waals surface area contributed by atoms with Crippen LogP contribution in [0.2, 0.25) is 5.02 Å². The van der Waals surface area contributed by atoms with Crippen molar-refractivity contribution in [3.63, 3.8) is 0 Å². The van der Waals surface area contributed by atoms with Crippen molar-refractivity contribution >= 4 is 40.1 Å². The topological polar surface area (TPSA) is 107 Å². The molecule has 2 heterocycles. The molecule has 2 aromatic heterocycles. The van der Waals surface area contributed by atoms with Crippen molar-refractivity contribution in [3.05, 3.63) is 85.8 Å². The van der Waals surface area contributed by atoms with E-state index in [1.165, 1.54) is 30.1 Å². The Kier molecular flexibility index (Phi) is 4.84. The lowest BCUT2D eigenvalue weighted by Crippen LogP contribution is -2.09. The molecule has 10 heteroatoms. The van der Waals surface area contributed by atoms with E-state index in [1.807, 2.05) is 0 Å². The number of nitrogens with zero attached hydrogens (tertiary/aromatic N) is 4. The minimum absolute atomic E-state index is 0.0239. The summed E-state index contributed by atoms with van der Waals surface area (Å²) in [5.74, 6) is 0.422. The smallest absolute Gasteiger partial charge is 0.269 e. The Morgan fingerprint density at radius 1 is 1.21 bits per heavy atom. The normalized spacial score (nSPS) is 11.0. The summed E-state index contributed by atoms with van der Waals surface area (Å²) < 4.78 is 1.57. The second kappa shape index (κ2) is 7.45. The number of nitrogens with one attached hydrogen (secondary N) is 1. The number of fused-ring (bicyclic) bond motifs is 1. The number of hydrogen-bond acceptors (Lipinski definition) is 6. The Bertz CT molecular complexity index is 1240. The molecule has 0 aliphatic carbocycles. The second-order valence-electron chi connectivity index (χ2n) is 5.86. The van der Waals surface area contributed by atoms with Crippen LogP contribution in [-0.4, -0.2) is 24.7 Å². The van der Waals surface area contributed by atoms with Crippen LogP contribution in [0.4, 0.5) is 5.69 Å². The molecule has 0 aliphatic heterocycles. The summed E-state index contributed by atoms with van der Waals surface area (Å²) in [5.41, 5.74) is 1.63. The molecule has 8 nitrogen and oxygen atoms in total. The molecule has 28 heavy (non-hydrogen) atoms. The van der Waals surface area contributed by atoms with Crippen LogP contribution in [0.25, 0.3) is 16.7 Å². The van der Waals surface area contributed by atoms with Crippen LogP contribution in [0.3, 0.4) is 0 Å². The van der Waals surface area contributed by atoms with E-state index in [-0.39, 0.29) is 11.2 Å². The Labute approximate surface area is 167 Å². The zero-order valence-electron chi connectivity index (χ0n) is 14.2. The molecular weight excluding hydrogens is 402 g/mol. The Hall–Kier alpha value is -3.17. The van der Waals surface area contributed by atoms with Crippen molar-refractivity contribution in [2.75, 3.05) is 0 Å². The maximum atomic E-state index is 12.4. The maximum absolute atomic E-state index is 12.4. The predicted molar refractivity (Wildman–Crippen MR) is 107 cm³/mol. The van der Waals surface area contributed by atoms with Gasteiger partial charge in [0.1, 0.15) is 5.39 Å². The molecule has 0 atom stereocenters. The molecule has 0 spiro atoms. The SMILES string of the molecule is O=c1[nH]c(SCc2cccc([N+](=O)[O-])c2)nc2c1cnn2-c1ccc(Cl)cc1. The first-order valence-corrected chi connectivity index (χ1v) is 9.48. The molecule has 0 bridgehead atoms. The fourth-order valence-electron chi connectivity index (χ4n) is 2.65. The fraction of sp³-hybridized carbons (Fsp3) is 0.0556. The molecule has 2 aromatic carbocycles. The van der Waals surface area contributed by atoms with Crippen LogP contribution in [0.15, 0.2) is 64.7 Å². The molecule has 0 amide bonds. The van der Waals surface area contributed by atoms with Gasteiger partial charge in [-0.2, -0.15) is 5.10 Å². The third-order valence-corrected chi connectivity index (χ3v) is 5.18. The first-order chi connectivity index (χ1) is 13.5. The minimum Gasteiger partial charge on any atom is -0.301 e. The standard InChI is InChI=1S/C18H12ClN5O3S/c19-12-4-6-13(7-5-12)23-16-15(9-20-23)17(25)22-18(21-16)28-10-11-2-1-3-14(8-11)24(26)27/h1-9H,10H2,(H,21,22,25). The summed E-state index contributed by atoms with van der Waals surface area (Å²) in [5, 5.41) is 16.5. The van der Waals surface area contributed by atoms with Gasteiger partial charge in [-0.25, -0.2) is 9.67 Å². The molecule has 140 valence electrons.